The van der Waals surface area contributed by atoms with E-state index < -0.39 is 0 Å². The Labute approximate surface area is 80.8 Å². The van der Waals surface area contributed by atoms with Crippen LogP contribution < -0.4 is 20.5 Å². The van der Waals surface area contributed by atoms with E-state index in [-0.39, 0.29) is 12.7 Å². The van der Waals surface area contributed by atoms with Crippen LogP contribution in [-0.2, 0) is 4.79 Å². The van der Waals surface area contributed by atoms with Crippen LogP contribution in [0.15, 0.2) is 12.1 Å². The van der Waals surface area contributed by atoms with Gasteiger partial charge in [-0.25, -0.2) is 0 Å². The number of benzene rings is 1. The van der Waals surface area contributed by atoms with Crippen LogP contribution in [0.1, 0.15) is 6.92 Å². The molecule has 0 atom stereocenters. The third kappa shape index (κ3) is 1.44. The summed E-state index contributed by atoms with van der Waals surface area (Å²) in [5.41, 5.74) is 6.70. The molecule has 0 aromatic heterocycles. The highest BCUT2D eigenvalue weighted by molar-refractivity contribution is 5.93. The van der Waals surface area contributed by atoms with Gasteiger partial charge in [0, 0.05) is 19.1 Å². The number of nitrogens with one attached hydrogen (secondary N) is 1. The lowest BCUT2D eigenvalue weighted by Gasteiger charge is -2.06. The molecule has 0 saturated carbocycles. The second kappa shape index (κ2) is 3.10. The maximum Gasteiger partial charge on any atom is 0.231 e. The standard InChI is InChI=1S/C9H10N2O3/c1-5(12)11-7-3-9-8(2-6(7)10)13-4-14-9/h2-3H,4,10H2,1H3,(H,11,12). The fourth-order valence-corrected chi connectivity index (χ4v) is 1.26. The summed E-state index contributed by atoms with van der Waals surface area (Å²) in [6.45, 7) is 1.61. The molecule has 0 radical (unpaired) electrons. The zero-order valence-corrected chi connectivity index (χ0v) is 7.66. The van der Waals surface area contributed by atoms with Gasteiger partial charge in [0.1, 0.15) is 0 Å². The van der Waals surface area contributed by atoms with Crippen molar-refractivity contribution in [1.29, 1.82) is 0 Å². The molecule has 0 fully saturated rings. The number of anilines is 2. The molecule has 2 rings (SSSR count). The van der Waals surface area contributed by atoms with Gasteiger partial charge < -0.3 is 20.5 Å². The van der Waals surface area contributed by atoms with Gasteiger partial charge in [-0.1, -0.05) is 0 Å². The first-order valence-corrected chi connectivity index (χ1v) is 4.13. The van der Waals surface area contributed by atoms with E-state index in [4.69, 9.17) is 15.2 Å². The van der Waals surface area contributed by atoms with Crippen LogP contribution in [0, 0.1) is 0 Å². The van der Waals surface area contributed by atoms with Crippen LogP contribution in [0.2, 0.25) is 0 Å². The molecule has 1 aliphatic rings. The molecule has 1 heterocycles. The van der Waals surface area contributed by atoms with E-state index in [1.54, 1.807) is 12.1 Å². The number of nitrogens with two attached hydrogens (primary N) is 1. The van der Waals surface area contributed by atoms with Gasteiger partial charge in [0.05, 0.1) is 11.4 Å². The first-order valence-electron chi connectivity index (χ1n) is 4.13. The van der Waals surface area contributed by atoms with Gasteiger partial charge in [0.2, 0.25) is 12.7 Å². The number of carbonyl (C=O) groups is 1. The Balaban J connectivity index is 2.37. The number of ether oxygens (including phenoxy) is 2. The van der Waals surface area contributed by atoms with Crippen molar-refractivity contribution in [3.05, 3.63) is 12.1 Å². The Bertz CT molecular complexity index is 390. The lowest BCUT2D eigenvalue weighted by Crippen LogP contribution is -2.07. The molecule has 0 spiro atoms. The third-order valence-corrected chi connectivity index (χ3v) is 1.86. The van der Waals surface area contributed by atoms with E-state index in [1.807, 2.05) is 0 Å². The average Bonchev–Trinajstić information content (AvgIpc) is 2.51. The van der Waals surface area contributed by atoms with Crippen molar-refractivity contribution in [2.45, 2.75) is 6.92 Å². The summed E-state index contributed by atoms with van der Waals surface area (Å²) in [7, 11) is 0. The summed E-state index contributed by atoms with van der Waals surface area (Å²) >= 11 is 0. The molecule has 74 valence electrons. The van der Waals surface area contributed by atoms with Crippen molar-refractivity contribution < 1.29 is 14.3 Å². The number of hydrogen-bond acceptors (Lipinski definition) is 4. The molecule has 0 unspecified atom stereocenters. The maximum atomic E-state index is 10.8. The predicted molar refractivity (Wildman–Crippen MR) is 51.3 cm³/mol. The van der Waals surface area contributed by atoms with E-state index in [1.165, 1.54) is 6.92 Å². The fourth-order valence-electron chi connectivity index (χ4n) is 1.26. The second-order valence-corrected chi connectivity index (χ2v) is 2.97. The summed E-state index contributed by atoms with van der Waals surface area (Å²) in [5.74, 6) is 1.04. The van der Waals surface area contributed by atoms with Crippen molar-refractivity contribution in [2.75, 3.05) is 17.8 Å². The lowest BCUT2D eigenvalue weighted by molar-refractivity contribution is -0.114. The number of fused-ring (bicyclic) bond motifs is 1. The molecule has 14 heavy (non-hydrogen) atoms. The Morgan fingerprint density at radius 2 is 2.07 bits per heavy atom. The number of nitrogen functional groups attached to an aromatic ring is 1. The highest BCUT2D eigenvalue weighted by Gasteiger charge is 2.16. The summed E-state index contributed by atoms with van der Waals surface area (Å²) in [5, 5.41) is 2.60. The van der Waals surface area contributed by atoms with Crippen molar-refractivity contribution in [3.8, 4) is 11.5 Å². The monoisotopic (exact) mass is 194 g/mol. The molecule has 1 aromatic carbocycles. The average molecular weight is 194 g/mol. The van der Waals surface area contributed by atoms with Gasteiger partial charge >= 0.3 is 0 Å². The number of hydrogen-bond donors (Lipinski definition) is 2. The second-order valence-electron chi connectivity index (χ2n) is 2.97. The molecule has 3 N–H and O–H groups in total. The van der Waals surface area contributed by atoms with E-state index >= 15 is 0 Å². The fraction of sp³-hybridized carbons (Fsp3) is 0.222. The summed E-state index contributed by atoms with van der Waals surface area (Å²) < 4.78 is 10.3. The number of carbonyl (C=O) groups excluding carboxylic acids is 1. The minimum atomic E-state index is -0.171. The number of rotatable bonds is 1. The minimum Gasteiger partial charge on any atom is -0.454 e. The smallest absolute Gasteiger partial charge is 0.231 e. The van der Waals surface area contributed by atoms with Crippen LogP contribution in [0.3, 0.4) is 0 Å². The van der Waals surface area contributed by atoms with Gasteiger partial charge in [-0.2, -0.15) is 0 Å². The van der Waals surface area contributed by atoms with Crippen molar-refractivity contribution in [2.24, 2.45) is 0 Å². The molecule has 0 bridgehead atoms. The molecule has 1 aliphatic heterocycles. The highest BCUT2D eigenvalue weighted by atomic mass is 16.7. The Morgan fingerprint density at radius 1 is 1.43 bits per heavy atom. The Kier molecular flexibility index (Phi) is 1.92. The van der Waals surface area contributed by atoms with Crippen molar-refractivity contribution in [3.63, 3.8) is 0 Å². The third-order valence-electron chi connectivity index (χ3n) is 1.86. The van der Waals surface area contributed by atoms with Gasteiger partial charge in [-0.05, 0) is 0 Å². The highest BCUT2D eigenvalue weighted by Crippen LogP contribution is 2.38. The summed E-state index contributed by atoms with van der Waals surface area (Å²) in [6.07, 6.45) is 0. The lowest BCUT2D eigenvalue weighted by atomic mass is 10.2. The van der Waals surface area contributed by atoms with Crippen LogP contribution in [0.5, 0.6) is 11.5 Å². The molecule has 5 heteroatoms. The SMILES string of the molecule is CC(=O)Nc1cc2c(cc1N)OCO2. The first kappa shape index (κ1) is 8.68. The molecule has 1 amide bonds. The van der Waals surface area contributed by atoms with Crippen LogP contribution >= 0.6 is 0 Å². The molecule has 5 nitrogen and oxygen atoms in total. The van der Waals surface area contributed by atoms with Gasteiger partial charge in [-0.15, -0.1) is 0 Å². The van der Waals surface area contributed by atoms with Gasteiger partial charge in [0.15, 0.2) is 11.5 Å². The topological polar surface area (TPSA) is 73.6 Å². The zero-order chi connectivity index (χ0) is 10.1. The Hall–Kier alpha value is -1.91. The molecular weight excluding hydrogens is 184 g/mol. The van der Waals surface area contributed by atoms with Crippen LogP contribution in [0.25, 0.3) is 0 Å². The van der Waals surface area contributed by atoms with E-state index in [2.05, 4.69) is 5.32 Å². The normalized spacial score (nSPS) is 12.6. The number of amides is 1. The van der Waals surface area contributed by atoms with E-state index in [0.717, 1.165) is 0 Å². The van der Waals surface area contributed by atoms with Gasteiger partial charge in [0.25, 0.3) is 0 Å². The summed E-state index contributed by atoms with van der Waals surface area (Å²) in [6, 6.07) is 3.28. The molecule has 0 saturated heterocycles. The first-order chi connectivity index (χ1) is 6.66. The molecule has 0 aliphatic carbocycles. The zero-order valence-electron chi connectivity index (χ0n) is 7.66. The largest absolute Gasteiger partial charge is 0.454 e. The van der Waals surface area contributed by atoms with Gasteiger partial charge in [-0.3, -0.25) is 4.79 Å². The molecule has 1 aromatic rings. The van der Waals surface area contributed by atoms with Crippen LogP contribution in [-0.4, -0.2) is 12.7 Å². The maximum absolute atomic E-state index is 10.8. The quantitative estimate of drug-likeness (QED) is 0.653. The van der Waals surface area contributed by atoms with Crippen LogP contribution in [0.4, 0.5) is 11.4 Å². The van der Waals surface area contributed by atoms with E-state index in [9.17, 15) is 4.79 Å². The Morgan fingerprint density at radius 3 is 2.71 bits per heavy atom. The molecular formula is C9H10N2O3. The van der Waals surface area contributed by atoms with Crippen molar-refractivity contribution >= 4 is 17.3 Å². The summed E-state index contributed by atoms with van der Waals surface area (Å²) in [4.78, 5) is 10.8. The van der Waals surface area contributed by atoms with Crippen molar-refractivity contribution in [1.82, 2.24) is 0 Å². The minimum absolute atomic E-state index is 0.171. The predicted octanol–water partition coefficient (Wildman–Crippen LogP) is 0.956. The van der Waals surface area contributed by atoms with E-state index in [0.29, 0.717) is 22.9 Å².